The number of hydrogen-bond acceptors (Lipinski definition) is 5. The zero-order valence-corrected chi connectivity index (χ0v) is 11.7. The van der Waals surface area contributed by atoms with E-state index in [1.165, 1.54) is 0 Å². The van der Waals surface area contributed by atoms with Crippen molar-refractivity contribution < 1.29 is 9.21 Å². The highest BCUT2D eigenvalue weighted by Gasteiger charge is 2.10. The van der Waals surface area contributed by atoms with Gasteiger partial charge in [-0.3, -0.25) is 4.79 Å². The Morgan fingerprint density at radius 2 is 2.16 bits per heavy atom. The third kappa shape index (κ3) is 3.87. The minimum Gasteiger partial charge on any atom is -0.419 e. The first kappa shape index (κ1) is 13.7. The van der Waals surface area contributed by atoms with E-state index in [4.69, 9.17) is 10.2 Å². The number of nitrogens with one attached hydrogen (secondary N) is 1. The maximum absolute atomic E-state index is 10.6. The van der Waals surface area contributed by atoms with E-state index in [-0.39, 0.29) is 12.3 Å². The first-order valence-corrected chi connectivity index (χ1v) is 6.52. The molecule has 0 aliphatic heterocycles. The second kappa shape index (κ2) is 6.44. The standard InChI is InChI=1S/C12H13BrN4O2/c13-9-4-2-1-3-8(9)12-17-16-11(19-12)7-15-6-5-10(14)18/h1-4,15H,5-7H2,(H2,14,18). The summed E-state index contributed by atoms with van der Waals surface area (Å²) in [5.41, 5.74) is 5.88. The number of amides is 1. The lowest BCUT2D eigenvalue weighted by Crippen LogP contribution is -2.21. The molecule has 1 aromatic heterocycles. The van der Waals surface area contributed by atoms with Crippen molar-refractivity contribution in [2.75, 3.05) is 6.54 Å². The molecule has 0 saturated heterocycles. The SMILES string of the molecule is NC(=O)CCNCc1nnc(-c2ccccc2Br)o1. The maximum Gasteiger partial charge on any atom is 0.248 e. The van der Waals surface area contributed by atoms with Crippen molar-refractivity contribution in [2.24, 2.45) is 5.73 Å². The van der Waals surface area contributed by atoms with Gasteiger partial charge in [0.05, 0.1) is 12.1 Å². The fraction of sp³-hybridized carbons (Fsp3) is 0.250. The Balaban J connectivity index is 1.96. The molecule has 0 saturated carbocycles. The Morgan fingerprint density at radius 1 is 1.37 bits per heavy atom. The Kier molecular flexibility index (Phi) is 4.64. The highest BCUT2D eigenvalue weighted by Crippen LogP contribution is 2.26. The quantitative estimate of drug-likeness (QED) is 0.784. The summed E-state index contributed by atoms with van der Waals surface area (Å²) in [6.07, 6.45) is 0.283. The lowest BCUT2D eigenvalue weighted by Gasteiger charge is -1.99. The summed E-state index contributed by atoms with van der Waals surface area (Å²) in [6, 6.07) is 7.61. The number of halogens is 1. The summed E-state index contributed by atoms with van der Waals surface area (Å²) in [4.78, 5) is 10.6. The average Bonchev–Trinajstić information content (AvgIpc) is 2.83. The Labute approximate surface area is 118 Å². The van der Waals surface area contributed by atoms with Gasteiger partial charge < -0.3 is 15.5 Å². The summed E-state index contributed by atoms with van der Waals surface area (Å²) in [7, 11) is 0. The molecule has 3 N–H and O–H groups in total. The van der Waals surface area contributed by atoms with Gasteiger partial charge >= 0.3 is 0 Å². The zero-order valence-electron chi connectivity index (χ0n) is 10.1. The van der Waals surface area contributed by atoms with Crippen molar-refractivity contribution in [1.82, 2.24) is 15.5 Å². The number of hydrogen-bond donors (Lipinski definition) is 2. The second-order valence-corrected chi connectivity index (χ2v) is 4.73. The van der Waals surface area contributed by atoms with E-state index >= 15 is 0 Å². The Morgan fingerprint density at radius 3 is 2.89 bits per heavy atom. The van der Waals surface area contributed by atoms with Gasteiger partial charge in [-0.25, -0.2) is 0 Å². The fourth-order valence-electron chi connectivity index (χ4n) is 1.48. The first-order valence-electron chi connectivity index (χ1n) is 5.73. The van der Waals surface area contributed by atoms with Gasteiger partial charge in [0.1, 0.15) is 0 Å². The van der Waals surface area contributed by atoms with E-state index in [1.54, 1.807) is 0 Å². The van der Waals surface area contributed by atoms with Crippen LogP contribution in [0.3, 0.4) is 0 Å². The van der Waals surface area contributed by atoms with Gasteiger partial charge in [-0.1, -0.05) is 12.1 Å². The molecule has 2 aromatic rings. The topological polar surface area (TPSA) is 94.0 Å². The van der Waals surface area contributed by atoms with Gasteiger partial charge in [-0.15, -0.1) is 10.2 Å². The van der Waals surface area contributed by atoms with E-state index in [1.807, 2.05) is 24.3 Å². The molecule has 7 heteroatoms. The molecule has 1 aromatic carbocycles. The van der Waals surface area contributed by atoms with Crippen molar-refractivity contribution in [1.29, 1.82) is 0 Å². The van der Waals surface area contributed by atoms with Crippen LogP contribution in [0.25, 0.3) is 11.5 Å². The van der Waals surface area contributed by atoms with Crippen LogP contribution in [0.4, 0.5) is 0 Å². The number of benzene rings is 1. The van der Waals surface area contributed by atoms with Crippen LogP contribution in [0.5, 0.6) is 0 Å². The Hall–Kier alpha value is -1.73. The molecule has 100 valence electrons. The predicted octanol–water partition coefficient (Wildman–Crippen LogP) is 1.46. The molecule has 0 atom stereocenters. The molecule has 1 amide bonds. The normalized spacial score (nSPS) is 10.6. The molecule has 0 unspecified atom stereocenters. The second-order valence-electron chi connectivity index (χ2n) is 3.87. The fourth-order valence-corrected chi connectivity index (χ4v) is 1.93. The summed E-state index contributed by atoms with van der Waals surface area (Å²) in [5.74, 6) is 0.585. The smallest absolute Gasteiger partial charge is 0.248 e. The molecule has 1 heterocycles. The third-order valence-electron chi connectivity index (χ3n) is 2.40. The molecule has 0 spiro atoms. The van der Waals surface area contributed by atoms with Crippen LogP contribution < -0.4 is 11.1 Å². The third-order valence-corrected chi connectivity index (χ3v) is 3.09. The van der Waals surface area contributed by atoms with E-state index in [0.29, 0.717) is 24.9 Å². The van der Waals surface area contributed by atoms with E-state index < -0.39 is 0 Å². The van der Waals surface area contributed by atoms with E-state index in [2.05, 4.69) is 31.4 Å². The molecule has 0 bridgehead atoms. The predicted molar refractivity (Wildman–Crippen MR) is 73.0 cm³/mol. The number of nitrogens with two attached hydrogens (primary N) is 1. The highest BCUT2D eigenvalue weighted by atomic mass is 79.9. The minimum absolute atomic E-state index is 0.283. The monoisotopic (exact) mass is 324 g/mol. The van der Waals surface area contributed by atoms with Crippen LogP contribution in [0.1, 0.15) is 12.3 Å². The van der Waals surface area contributed by atoms with Crippen molar-refractivity contribution in [3.8, 4) is 11.5 Å². The maximum atomic E-state index is 10.6. The van der Waals surface area contributed by atoms with Gasteiger partial charge in [0.15, 0.2) is 0 Å². The van der Waals surface area contributed by atoms with Gasteiger partial charge in [0.2, 0.25) is 17.7 Å². The molecule has 2 rings (SSSR count). The summed E-state index contributed by atoms with van der Waals surface area (Å²) in [5, 5.41) is 10.9. The number of rotatable bonds is 6. The summed E-state index contributed by atoms with van der Waals surface area (Å²) < 4.78 is 6.42. The average molecular weight is 325 g/mol. The number of aromatic nitrogens is 2. The molecule has 0 aliphatic rings. The molecule has 0 fully saturated rings. The van der Waals surface area contributed by atoms with Gasteiger partial charge in [-0.2, -0.15) is 0 Å². The van der Waals surface area contributed by atoms with Crippen LogP contribution in [-0.2, 0) is 11.3 Å². The molecule has 0 aliphatic carbocycles. The van der Waals surface area contributed by atoms with Crippen LogP contribution in [-0.4, -0.2) is 22.6 Å². The van der Waals surface area contributed by atoms with Gasteiger partial charge in [0.25, 0.3) is 0 Å². The number of nitrogens with zero attached hydrogens (tertiary/aromatic N) is 2. The van der Waals surface area contributed by atoms with Gasteiger partial charge in [-0.05, 0) is 28.1 Å². The number of carbonyl (C=O) groups excluding carboxylic acids is 1. The summed E-state index contributed by atoms with van der Waals surface area (Å²) in [6.45, 7) is 0.896. The molecular weight excluding hydrogens is 312 g/mol. The largest absolute Gasteiger partial charge is 0.419 e. The molecular formula is C12H13BrN4O2. The van der Waals surface area contributed by atoms with Crippen molar-refractivity contribution in [2.45, 2.75) is 13.0 Å². The number of carbonyl (C=O) groups is 1. The zero-order chi connectivity index (χ0) is 13.7. The van der Waals surface area contributed by atoms with Crippen LogP contribution in [0.15, 0.2) is 33.2 Å². The van der Waals surface area contributed by atoms with Crippen molar-refractivity contribution in [3.05, 3.63) is 34.6 Å². The summed E-state index contributed by atoms with van der Waals surface area (Å²) >= 11 is 3.43. The highest BCUT2D eigenvalue weighted by molar-refractivity contribution is 9.10. The lowest BCUT2D eigenvalue weighted by molar-refractivity contribution is -0.117. The number of primary amides is 1. The van der Waals surface area contributed by atoms with Crippen LogP contribution >= 0.6 is 15.9 Å². The van der Waals surface area contributed by atoms with Crippen LogP contribution in [0, 0.1) is 0 Å². The Bertz CT molecular complexity index is 570. The van der Waals surface area contributed by atoms with E-state index in [9.17, 15) is 4.79 Å². The van der Waals surface area contributed by atoms with Crippen LogP contribution in [0.2, 0.25) is 0 Å². The van der Waals surface area contributed by atoms with E-state index in [0.717, 1.165) is 10.0 Å². The van der Waals surface area contributed by atoms with Crippen molar-refractivity contribution in [3.63, 3.8) is 0 Å². The molecule has 6 nitrogen and oxygen atoms in total. The van der Waals surface area contributed by atoms with Gasteiger partial charge in [0, 0.05) is 17.4 Å². The van der Waals surface area contributed by atoms with Crippen molar-refractivity contribution >= 4 is 21.8 Å². The molecule has 0 radical (unpaired) electrons. The minimum atomic E-state index is -0.341. The lowest BCUT2D eigenvalue weighted by atomic mass is 10.2. The molecule has 19 heavy (non-hydrogen) atoms. The first-order chi connectivity index (χ1) is 9.16.